The maximum absolute atomic E-state index is 11.9. The van der Waals surface area contributed by atoms with E-state index in [1.807, 2.05) is 41.1 Å². The Morgan fingerprint density at radius 2 is 2.10 bits per heavy atom. The molecule has 0 radical (unpaired) electrons. The monoisotopic (exact) mass is 434 g/mol. The molecule has 0 aliphatic carbocycles. The Morgan fingerprint density at radius 3 is 2.83 bits per heavy atom. The van der Waals surface area contributed by atoms with Crippen molar-refractivity contribution in [3.63, 3.8) is 0 Å². The number of hydrogen-bond acceptors (Lipinski definition) is 5. The number of rotatable bonds is 5. The summed E-state index contributed by atoms with van der Waals surface area (Å²) in [6.07, 6.45) is 6.73. The fraction of sp³-hybridized carbons (Fsp3) is 0.350. The number of methoxy groups -OCH3 is 1. The molecule has 1 aromatic carbocycles. The summed E-state index contributed by atoms with van der Waals surface area (Å²) in [6.45, 7) is 1.05. The summed E-state index contributed by atoms with van der Waals surface area (Å²) < 4.78 is 32.5. The van der Waals surface area contributed by atoms with E-state index in [-0.39, 0.29) is 6.04 Å². The third-order valence-corrected chi connectivity index (χ3v) is 6.78. The number of anilines is 1. The van der Waals surface area contributed by atoms with Crippen molar-refractivity contribution in [2.24, 2.45) is 0 Å². The number of piperidine rings is 1. The highest BCUT2D eigenvalue weighted by Crippen LogP contribution is 2.31. The summed E-state index contributed by atoms with van der Waals surface area (Å²) in [4.78, 5) is 4.54. The highest BCUT2D eigenvalue weighted by Gasteiger charge is 2.26. The fourth-order valence-electron chi connectivity index (χ4n) is 3.76. The van der Waals surface area contributed by atoms with E-state index in [1.54, 1.807) is 13.3 Å². The lowest BCUT2D eigenvalue weighted by Crippen LogP contribution is -2.44. The minimum atomic E-state index is -3.18. The summed E-state index contributed by atoms with van der Waals surface area (Å²) in [7, 11) is -1.60. The van der Waals surface area contributed by atoms with E-state index in [2.05, 4.69) is 10.3 Å². The van der Waals surface area contributed by atoms with Crippen LogP contribution in [0, 0.1) is 0 Å². The molecule has 9 heteroatoms. The Hall–Kier alpha value is -2.29. The van der Waals surface area contributed by atoms with E-state index >= 15 is 0 Å². The van der Waals surface area contributed by atoms with Gasteiger partial charge in [-0.1, -0.05) is 11.6 Å². The number of sulfonamides is 1. The van der Waals surface area contributed by atoms with Crippen molar-refractivity contribution in [2.45, 2.75) is 18.9 Å². The maximum Gasteiger partial charge on any atom is 0.211 e. The Bertz CT molecular complexity index is 1150. The van der Waals surface area contributed by atoms with Crippen LogP contribution in [0.15, 0.2) is 42.7 Å². The van der Waals surface area contributed by atoms with Gasteiger partial charge < -0.3 is 14.6 Å². The van der Waals surface area contributed by atoms with Crippen molar-refractivity contribution in [1.29, 1.82) is 0 Å². The second-order valence-corrected chi connectivity index (χ2v) is 9.59. The number of halogens is 1. The van der Waals surface area contributed by atoms with Gasteiger partial charge >= 0.3 is 0 Å². The van der Waals surface area contributed by atoms with Crippen LogP contribution in [0.4, 0.5) is 5.69 Å². The highest BCUT2D eigenvalue weighted by atomic mass is 35.5. The van der Waals surface area contributed by atoms with Crippen LogP contribution in [0.2, 0.25) is 5.02 Å². The molecular formula is C20H23ClN4O3S. The number of nitrogens with one attached hydrogen (secondary N) is 1. The minimum absolute atomic E-state index is 0.0582. The van der Waals surface area contributed by atoms with Crippen molar-refractivity contribution in [2.75, 3.05) is 31.8 Å². The van der Waals surface area contributed by atoms with Crippen molar-refractivity contribution in [1.82, 2.24) is 13.9 Å². The summed E-state index contributed by atoms with van der Waals surface area (Å²) in [5.74, 6) is 0.620. The van der Waals surface area contributed by atoms with Crippen LogP contribution in [0.3, 0.4) is 0 Å². The third-order valence-electron chi connectivity index (χ3n) is 5.21. The maximum atomic E-state index is 11.9. The first kappa shape index (κ1) is 20.0. The van der Waals surface area contributed by atoms with Gasteiger partial charge in [-0.2, -0.15) is 0 Å². The molecule has 29 heavy (non-hydrogen) atoms. The molecule has 1 unspecified atom stereocenters. The van der Waals surface area contributed by atoms with E-state index < -0.39 is 10.0 Å². The van der Waals surface area contributed by atoms with Gasteiger partial charge in [-0.25, -0.2) is 17.7 Å². The van der Waals surface area contributed by atoms with Crippen LogP contribution in [0.1, 0.15) is 12.8 Å². The van der Waals surface area contributed by atoms with Gasteiger partial charge in [0.2, 0.25) is 10.0 Å². The summed E-state index contributed by atoms with van der Waals surface area (Å²) in [6, 6.07) is 9.58. The van der Waals surface area contributed by atoms with Crippen LogP contribution in [0.5, 0.6) is 5.75 Å². The number of pyridine rings is 1. The number of fused-ring (bicyclic) bond motifs is 1. The van der Waals surface area contributed by atoms with Gasteiger partial charge in [0.25, 0.3) is 0 Å². The zero-order valence-corrected chi connectivity index (χ0v) is 17.9. The zero-order valence-electron chi connectivity index (χ0n) is 16.3. The second kappa shape index (κ2) is 7.85. The van der Waals surface area contributed by atoms with Crippen LogP contribution in [0.25, 0.3) is 16.7 Å². The number of hydrogen-bond donors (Lipinski definition) is 1. The van der Waals surface area contributed by atoms with Crippen LogP contribution >= 0.6 is 11.6 Å². The summed E-state index contributed by atoms with van der Waals surface area (Å²) in [5.41, 5.74) is 2.62. The van der Waals surface area contributed by atoms with E-state index in [1.165, 1.54) is 10.6 Å². The number of benzene rings is 1. The first-order valence-corrected chi connectivity index (χ1v) is 11.6. The molecule has 1 atom stereocenters. The molecule has 1 N–H and O–H groups in total. The predicted molar refractivity (Wildman–Crippen MR) is 116 cm³/mol. The quantitative estimate of drug-likeness (QED) is 0.664. The van der Waals surface area contributed by atoms with Gasteiger partial charge in [-0.3, -0.25) is 0 Å². The lowest BCUT2D eigenvalue weighted by molar-refractivity contribution is 0.329. The molecule has 1 aliphatic heterocycles. The smallest absolute Gasteiger partial charge is 0.211 e. The van der Waals surface area contributed by atoms with Crippen molar-refractivity contribution >= 4 is 38.3 Å². The Kier molecular flexibility index (Phi) is 5.42. The van der Waals surface area contributed by atoms with Crippen molar-refractivity contribution in [3.05, 3.63) is 47.7 Å². The highest BCUT2D eigenvalue weighted by molar-refractivity contribution is 7.88. The molecular weight excluding hydrogens is 412 g/mol. The lowest BCUT2D eigenvalue weighted by atomic mass is 10.1. The lowest BCUT2D eigenvalue weighted by Gasteiger charge is -2.32. The van der Waals surface area contributed by atoms with Crippen LogP contribution in [-0.2, 0) is 10.0 Å². The first-order valence-electron chi connectivity index (χ1n) is 9.38. The van der Waals surface area contributed by atoms with Gasteiger partial charge in [0.15, 0.2) is 0 Å². The molecule has 0 saturated carbocycles. The number of aromatic nitrogens is 2. The van der Waals surface area contributed by atoms with Crippen LogP contribution < -0.4 is 10.1 Å². The molecule has 4 rings (SSSR count). The molecule has 1 fully saturated rings. The predicted octanol–water partition coefficient (Wildman–Crippen LogP) is 3.52. The molecule has 0 spiro atoms. The molecule has 2 aromatic heterocycles. The molecule has 3 heterocycles. The molecule has 0 bridgehead atoms. The third kappa shape index (κ3) is 4.05. The van der Waals surface area contributed by atoms with E-state index in [0.717, 1.165) is 35.2 Å². The standard InChI is InChI=1S/C20H23ClN4O3S/c1-28-19-6-5-15(12-17(19)21)25-11-8-16-18(7-9-22-20(16)25)23-14-4-3-10-24(13-14)29(2,26)27/h5-9,11-12,14H,3-4,10,13H2,1-2H3,(H,22,23). The molecule has 1 saturated heterocycles. The Morgan fingerprint density at radius 1 is 1.28 bits per heavy atom. The Balaban J connectivity index is 1.63. The number of ether oxygens (including phenoxy) is 1. The molecule has 1 aliphatic rings. The van der Waals surface area contributed by atoms with Gasteiger partial charge in [-0.15, -0.1) is 0 Å². The largest absolute Gasteiger partial charge is 0.495 e. The first-order chi connectivity index (χ1) is 13.9. The van der Waals surface area contributed by atoms with Crippen molar-refractivity contribution in [3.8, 4) is 11.4 Å². The number of nitrogens with zero attached hydrogens (tertiary/aromatic N) is 3. The summed E-state index contributed by atoms with van der Waals surface area (Å²) in [5, 5.41) is 5.01. The average molecular weight is 435 g/mol. The summed E-state index contributed by atoms with van der Waals surface area (Å²) >= 11 is 6.28. The zero-order chi connectivity index (χ0) is 20.6. The van der Waals surface area contributed by atoms with E-state index in [0.29, 0.717) is 23.9 Å². The fourth-order valence-corrected chi connectivity index (χ4v) is 4.92. The van der Waals surface area contributed by atoms with E-state index in [9.17, 15) is 8.42 Å². The SMILES string of the molecule is COc1ccc(-n2ccc3c(NC4CCCN(S(C)(=O)=O)C4)ccnc32)cc1Cl. The molecule has 0 amide bonds. The minimum Gasteiger partial charge on any atom is -0.495 e. The van der Waals surface area contributed by atoms with Gasteiger partial charge in [0, 0.05) is 48.3 Å². The average Bonchev–Trinajstić information content (AvgIpc) is 3.13. The molecule has 154 valence electrons. The van der Waals surface area contributed by atoms with Crippen LogP contribution in [-0.4, -0.2) is 54.8 Å². The second-order valence-electron chi connectivity index (χ2n) is 7.20. The van der Waals surface area contributed by atoms with Crippen molar-refractivity contribution < 1.29 is 13.2 Å². The molecule has 7 nitrogen and oxygen atoms in total. The van der Waals surface area contributed by atoms with Gasteiger partial charge in [0.1, 0.15) is 11.4 Å². The Labute approximate surface area is 175 Å². The van der Waals surface area contributed by atoms with Gasteiger partial charge in [0.05, 0.1) is 18.4 Å². The normalized spacial score (nSPS) is 18.1. The van der Waals surface area contributed by atoms with Gasteiger partial charge in [-0.05, 0) is 43.2 Å². The topological polar surface area (TPSA) is 76.5 Å². The molecule has 3 aromatic rings. The van der Waals surface area contributed by atoms with E-state index in [4.69, 9.17) is 16.3 Å².